The van der Waals surface area contributed by atoms with E-state index in [-0.39, 0.29) is 37.3 Å². The first-order valence-corrected chi connectivity index (χ1v) is 20.8. The zero-order chi connectivity index (χ0) is 40.6. The second-order valence-corrected chi connectivity index (χ2v) is 17.0. The number of fused-ring (bicyclic) bond motifs is 20. The lowest BCUT2D eigenvalue weighted by Gasteiger charge is -2.16. The summed E-state index contributed by atoms with van der Waals surface area (Å²) in [5.74, 6) is 2.78. The first-order valence-electron chi connectivity index (χ1n) is 18.9. The van der Waals surface area contributed by atoms with Gasteiger partial charge in [-0.15, -0.1) is 0 Å². The Labute approximate surface area is 358 Å². The van der Waals surface area contributed by atoms with Crippen molar-refractivity contribution in [2.45, 2.75) is 47.5 Å². The minimum Gasteiger partial charge on any atom is -0.490 e. The standard InChI is InChI=1S/C43H35Cl5N8O2/c1-18(2)14-16-57-34-29(44)20(5)25-26(31(34)46)41-54-40(25)52-38-23-12-8-6-10-21(23)36(50-38)49-37-22-11-7-9-13-24(22)39(51-37)53-42-27-28(43(55-41)56-42)32(47)35(33(48)30(27)45)58-17-15-19(3)4/h6-13,18-19H,14-17H2,1-5H3,(H2,49,50,51,52,53,54,55,56). The number of hydrogen-bond acceptors (Lipinski definition) is 8. The fraction of sp³-hybridized carbons (Fsp3) is 0.256. The van der Waals surface area contributed by atoms with Crippen molar-refractivity contribution >= 4 is 102 Å². The van der Waals surface area contributed by atoms with Crippen LogP contribution in [0.5, 0.6) is 11.5 Å². The lowest BCUT2D eigenvalue weighted by Crippen LogP contribution is -2.04. The first-order chi connectivity index (χ1) is 27.9. The molecule has 0 fully saturated rings. The van der Waals surface area contributed by atoms with Crippen LogP contribution in [0, 0.1) is 18.8 Å². The lowest BCUT2D eigenvalue weighted by atomic mass is 10.0. The fourth-order valence-electron chi connectivity index (χ4n) is 7.19. The van der Waals surface area contributed by atoms with Gasteiger partial charge >= 0.3 is 0 Å². The fourth-order valence-corrected chi connectivity index (χ4v) is 8.71. The minimum absolute atomic E-state index is 0.149. The van der Waals surface area contributed by atoms with Crippen LogP contribution in [-0.4, -0.2) is 53.1 Å². The molecule has 7 aromatic rings. The van der Waals surface area contributed by atoms with Crippen LogP contribution >= 0.6 is 58.0 Å². The molecule has 0 spiro atoms. The average Bonchev–Trinajstić information content (AvgIpc) is 3.94. The highest BCUT2D eigenvalue weighted by atomic mass is 35.5. The van der Waals surface area contributed by atoms with Crippen LogP contribution in [0.15, 0.2) is 48.5 Å². The van der Waals surface area contributed by atoms with Gasteiger partial charge in [0.1, 0.15) is 27.6 Å². The number of benzene rings is 4. The minimum atomic E-state index is 0.149. The maximum Gasteiger partial charge on any atom is 0.166 e. The Balaban J connectivity index is 1.45. The molecule has 5 heterocycles. The zero-order valence-corrected chi connectivity index (χ0v) is 35.8. The highest BCUT2D eigenvalue weighted by Gasteiger charge is 2.31. The summed E-state index contributed by atoms with van der Waals surface area (Å²) >= 11 is 35.7. The van der Waals surface area contributed by atoms with Gasteiger partial charge in [0.15, 0.2) is 34.8 Å². The number of ether oxygens (including phenoxy) is 2. The highest BCUT2D eigenvalue weighted by molar-refractivity contribution is 6.51. The van der Waals surface area contributed by atoms with Gasteiger partial charge in [0.05, 0.1) is 49.6 Å². The van der Waals surface area contributed by atoms with Crippen molar-refractivity contribution < 1.29 is 9.47 Å². The third-order valence-corrected chi connectivity index (χ3v) is 12.3. The van der Waals surface area contributed by atoms with E-state index in [1.54, 1.807) is 0 Å². The summed E-state index contributed by atoms with van der Waals surface area (Å²) in [6.45, 7) is 11.1. The third kappa shape index (κ3) is 6.50. The maximum absolute atomic E-state index is 7.29. The number of aromatic amines is 2. The Bertz CT molecular complexity index is 3020. The zero-order valence-electron chi connectivity index (χ0n) is 32.0. The lowest BCUT2D eigenvalue weighted by molar-refractivity contribution is 0.290. The van der Waals surface area contributed by atoms with Crippen molar-refractivity contribution in [1.29, 1.82) is 0 Å². The molecule has 0 atom stereocenters. The summed E-state index contributed by atoms with van der Waals surface area (Å²) in [5, 5.41) is 3.64. The molecule has 0 saturated heterocycles. The van der Waals surface area contributed by atoms with Gasteiger partial charge in [-0.2, -0.15) is 0 Å². The molecule has 0 saturated carbocycles. The smallest absolute Gasteiger partial charge is 0.166 e. The molecule has 15 heteroatoms. The van der Waals surface area contributed by atoms with Crippen molar-refractivity contribution in [2.24, 2.45) is 11.8 Å². The largest absolute Gasteiger partial charge is 0.490 e. The molecule has 0 aliphatic carbocycles. The molecule has 0 amide bonds. The van der Waals surface area contributed by atoms with Crippen molar-refractivity contribution in [3.05, 3.63) is 79.2 Å². The number of halogens is 5. The average molecular weight is 873 g/mol. The molecule has 294 valence electrons. The molecule has 3 aromatic heterocycles. The van der Waals surface area contributed by atoms with E-state index in [2.05, 4.69) is 37.7 Å². The highest BCUT2D eigenvalue weighted by Crippen LogP contribution is 2.52. The van der Waals surface area contributed by atoms with Crippen molar-refractivity contribution in [3.8, 4) is 57.1 Å². The van der Waals surface area contributed by atoms with Gasteiger partial charge in [0.25, 0.3) is 0 Å². The monoisotopic (exact) mass is 870 g/mol. The summed E-state index contributed by atoms with van der Waals surface area (Å²) in [5.41, 5.74) is 5.01. The van der Waals surface area contributed by atoms with E-state index in [9.17, 15) is 0 Å². The number of hydrogen-bond donors (Lipinski definition) is 2. The Hall–Kier alpha value is -4.71. The van der Waals surface area contributed by atoms with Gasteiger partial charge in [0.2, 0.25) is 0 Å². The second kappa shape index (κ2) is 15.1. The van der Waals surface area contributed by atoms with Crippen LogP contribution in [0.2, 0.25) is 25.1 Å². The van der Waals surface area contributed by atoms with Crippen LogP contribution in [0.1, 0.15) is 46.1 Å². The Kier molecular flexibility index (Phi) is 10.1. The van der Waals surface area contributed by atoms with E-state index < -0.39 is 0 Å². The van der Waals surface area contributed by atoms with Crippen molar-refractivity contribution in [3.63, 3.8) is 0 Å². The van der Waals surface area contributed by atoms with Gasteiger partial charge in [0, 0.05) is 27.5 Å². The maximum atomic E-state index is 7.29. The predicted molar refractivity (Wildman–Crippen MR) is 236 cm³/mol. The molecular formula is C43H35Cl5N8O2. The van der Waals surface area contributed by atoms with Gasteiger partial charge in [-0.3, -0.25) is 0 Å². The summed E-state index contributed by atoms with van der Waals surface area (Å²) in [4.78, 5) is 37.3. The molecule has 4 aromatic carbocycles. The molecule has 0 radical (unpaired) electrons. The normalized spacial score (nSPS) is 12.2. The van der Waals surface area contributed by atoms with E-state index in [0.717, 1.165) is 34.7 Å². The number of nitrogens with one attached hydrogen (secondary N) is 2. The van der Waals surface area contributed by atoms with Crippen LogP contribution in [0.3, 0.4) is 0 Å². The Morgan fingerprint density at radius 1 is 0.500 bits per heavy atom. The van der Waals surface area contributed by atoms with Crippen LogP contribution < -0.4 is 9.47 Å². The summed E-state index contributed by atoms with van der Waals surface area (Å²) in [7, 11) is 0. The number of aromatic nitrogens is 8. The predicted octanol–water partition coefficient (Wildman–Crippen LogP) is 13.3. The van der Waals surface area contributed by atoms with E-state index in [0.29, 0.717) is 97.7 Å². The number of rotatable bonds is 8. The Morgan fingerprint density at radius 3 is 1.53 bits per heavy atom. The van der Waals surface area contributed by atoms with Crippen LogP contribution in [-0.2, 0) is 0 Å². The quantitative estimate of drug-likeness (QED) is 0.145. The molecule has 58 heavy (non-hydrogen) atoms. The second-order valence-electron chi connectivity index (χ2n) is 15.1. The van der Waals surface area contributed by atoms with E-state index in [4.69, 9.17) is 97.4 Å². The van der Waals surface area contributed by atoms with Crippen molar-refractivity contribution in [1.82, 2.24) is 39.9 Å². The summed E-state index contributed by atoms with van der Waals surface area (Å²) in [6.07, 6.45) is 1.57. The van der Waals surface area contributed by atoms with Gasteiger partial charge in [-0.1, -0.05) is 134 Å². The summed E-state index contributed by atoms with van der Waals surface area (Å²) in [6, 6.07) is 15.6. The van der Waals surface area contributed by atoms with Crippen LogP contribution in [0.4, 0.5) is 0 Å². The van der Waals surface area contributed by atoms with E-state index >= 15 is 0 Å². The molecule has 0 unspecified atom stereocenters. The number of H-pyrrole nitrogens is 2. The molecule has 8 bridgehead atoms. The SMILES string of the molecule is Cc1c(Cl)c(OCCC(C)C)c(Cl)c2c1-c1nc-2nc2[nH]c(nc3nc(nc4[nH]c(n1)c1ccccc41)-c1ccccc1-3)c1c(Cl)c(Cl)c(OCCC(C)C)c(Cl)c21. The van der Waals surface area contributed by atoms with Crippen molar-refractivity contribution in [2.75, 3.05) is 13.2 Å². The molecular weight excluding hydrogens is 838 g/mol. The van der Waals surface area contributed by atoms with Crippen LogP contribution in [0.25, 0.3) is 89.7 Å². The summed E-state index contributed by atoms with van der Waals surface area (Å²) < 4.78 is 12.5. The third-order valence-electron chi connectivity index (χ3n) is 10.3. The molecule has 2 N–H and O–H groups in total. The van der Waals surface area contributed by atoms with Gasteiger partial charge in [-0.25, -0.2) is 29.9 Å². The molecule has 2 aliphatic heterocycles. The van der Waals surface area contributed by atoms with Gasteiger partial charge in [-0.05, 0) is 37.2 Å². The van der Waals surface area contributed by atoms with E-state index in [1.807, 2.05) is 55.5 Å². The van der Waals surface area contributed by atoms with E-state index in [1.165, 1.54) is 0 Å². The number of nitrogens with zero attached hydrogens (tertiary/aromatic N) is 6. The molecule has 2 aliphatic rings. The Morgan fingerprint density at radius 2 is 0.948 bits per heavy atom. The first kappa shape index (κ1) is 38.8. The van der Waals surface area contributed by atoms with Gasteiger partial charge < -0.3 is 19.4 Å². The topological polar surface area (TPSA) is 127 Å². The molecule has 10 nitrogen and oxygen atoms in total. The molecule has 9 rings (SSSR count).